The van der Waals surface area contributed by atoms with Crippen molar-refractivity contribution in [2.75, 3.05) is 31.5 Å². The van der Waals surface area contributed by atoms with Crippen LogP contribution < -0.4 is 10.9 Å². The number of piperazine rings is 1. The molecular weight excluding hydrogens is 402 g/mol. The second-order valence-electron chi connectivity index (χ2n) is 7.12. The summed E-state index contributed by atoms with van der Waals surface area (Å²) in [7, 11) is 1.84. The normalized spacial score (nSPS) is 14.1. The number of carbonyl (C=O) groups is 1. The minimum absolute atomic E-state index is 0.122. The number of hydrogen-bond acceptors (Lipinski definition) is 4. The number of nitrogens with one attached hydrogen (secondary N) is 1. The minimum atomic E-state index is -0.157. The first kappa shape index (κ1) is 20.0. The van der Waals surface area contributed by atoms with Crippen molar-refractivity contribution in [3.05, 3.63) is 70.5 Å². The van der Waals surface area contributed by atoms with Crippen LogP contribution in [0.1, 0.15) is 16.2 Å². The van der Waals surface area contributed by atoms with Gasteiger partial charge < -0.3 is 19.5 Å². The number of carbonyl (C=O) groups excluding carboxylic acids is 1. The molecule has 0 unspecified atom stereocenters. The third kappa shape index (κ3) is 3.63. The van der Waals surface area contributed by atoms with E-state index in [1.807, 2.05) is 53.9 Å². The summed E-state index contributed by atoms with van der Waals surface area (Å²) in [5.74, 6) is 0.216. The summed E-state index contributed by atoms with van der Waals surface area (Å²) in [6, 6.07) is 12.8. The van der Waals surface area contributed by atoms with Gasteiger partial charge in [0.25, 0.3) is 11.5 Å². The smallest absolute Gasteiger partial charge is 0.295 e. The van der Waals surface area contributed by atoms with Crippen molar-refractivity contribution >= 4 is 28.9 Å². The van der Waals surface area contributed by atoms with E-state index in [1.54, 1.807) is 21.7 Å². The number of nitrogens with zero attached hydrogens (tertiary/aromatic N) is 4. The van der Waals surface area contributed by atoms with Gasteiger partial charge >= 0.3 is 0 Å². The second kappa shape index (κ2) is 8.19. The predicted molar refractivity (Wildman–Crippen MR) is 118 cm³/mol. The summed E-state index contributed by atoms with van der Waals surface area (Å²) in [6.07, 6.45) is 1.49. The van der Waals surface area contributed by atoms with Crippen LogP contribution in [0.25, 0.3) is 5.69 Å². The van der Waals surface area contributed by atoms with E-state index in [1.165, 1.54) is 6.26 Å². The van der Waals surface area contributed by atoms with Crippen LogP contribution in [0.15, 0.2) is 57.9 Å². The molecule has 1 aromatic carbocycles. The first-order chi connectivity index (χ1) is 14.5. The van der Waals surface area contributed by atoms with Crippen LogP contribution >= 0.6 is 12.2 Å². The van der Waals surface area contributed by atoms with E-state index < -0.39 is 0 Å². The lowest BCUT2D eigenvalue weighted by Gasteiger charge is -2.35. The van der Waals surface area contributed by atoms with E-state index in [9.17, 15) is 9.59 Å². The lowest BCUT2D eigenvalue weighted by Crippen LogP contribution is -2.51. The zero-order valence-electron chi connectivity index (χ0n) is 16.9. The van der Waals surface area contributed by atoms with Crippen molar-refractivity contribution in [3.63, 3.8) is 0 Å². The Morgan fingerprint density at radius 2 is 1.70 bits per heavy atom. The highest BCUT2D eigenvalue weighted by atomic mass is 32.1. The third-order valence-electron chi connectivity index (χ3n) is 5.37. The van der Waals surface area contributed by atoms with Crippen molar-refractivity contribution in [1.29, 1.82) is 0 Å². The summed E-state index contributed by atoms with van der Waals surface area (Å²) >= 11 is 5.56. The molecule has 0 bridgehead atoms. The number of anilines is 1. The number of para-hydroxylation sites is 1. The highest BCUT2D eigenvalue weighted by Gasteiger charge is 2.26. The van der Waals surface area contributed by atoms with Gasteiger partial charge in [-0.05, 0) is 43.4 Å². The maximum Gasteiger partial charge on any atom is 0.295 e. The van der Waals surface area contributed by atoms with Gasteiger partial charge in [0.05, 0.1) is 17.6 Å². The summed E-state index contributed by atoms with van der Waals surface area (Å²) in [6.45, 7) is 4.10. The molecule has 2 aromatic heterocycles. The maximum atomic E-state index is 13.0. The Morgan fingerprint density at radius 1 is 1.03 bits per heavy atom. The van der Waals surface area contributed by atoms with Crippen LogP contribution in [-0.4, -0.2) is 56.4 Å². The average Bonchev–Trinajstić information content (AvgIpc) is 3.38. The number of amides is 1. The molecule has 1 saturated heterocycles. The van der Waals surface area contributed by atoms with E-state index in [-0.39, 0.29) is 11.5 Å². The summed E-state index contributed by atoms with van der Waals surface area (Å²) in [5, 5.41) is 3.61. The Labute approximate surface area is 179 Å². The number of furan rings is 1. The van der Waals surface area contributed by atoms with Crippen molar-refractivity contribution in [2.24, 2.45) is 7.05 Å². The highest BCUT2D eigenvalue weighted by molar-refractivity contribution is 7.80. The number of hydrogen-bond donors (Lipinski definition) is 1. The van der Waals surface area contributed by atoms with E-state index in [2.05, 4.69) is 5.32 Å². The molecule has 1 amide bonds. The molecule has 1 fully saturated rings. The lowest BCUT2D eigenvalue weighted by molar-refractivity contribution is 0.0661. The van der Waals surface area contributed by atoms with Gasteiger partial charge in [-0.2, -0.15) is 0 Å². The minimum Gasteiger partial charge on any atom is -0.459 e. The molecule has 1 aliphatic heterocycles. The van der Waals surface area contributed by atoms with Gasteiger partial charge in [0.1, 0.15) is 5.69 Å². The predicted octanol–water partition coefficient (Wildman–Crippen LogP) is 2.23. The van der Waals surface area contributed by atoms with Gasteiger partial charge in [-0.3, -0.25) is 14.3 Å². The molecule has 0 atom stereocenters. The monoisotopic (exact) mass is 425 g/mol. The Morgan fingerprint density at radius 3 is 2.33 bits per heavy atom. The van der Waals surface area contributed by atoms with Gasteiger partial charge in [0, 0.05) is 33.2 Å². The standard InChI is InChI=1S/C21H23N5O3S/c1-15-18(20(28)26(23(15)2)16-7-4-3-5-8-16)22-21(30)25-12-10-24(11-13-25)19(27)17-9-6-14-29-17/h3-9,14H,10-13H2,1-2H3,(H,22,30). The first-order valence-corrected chi connectivity index (χ1v) is 10.1. The van der Waals surface area contributed by atoms with E-state index in [0.717, 1.165) is 11.4 Å². The van der Waals surface area contributed by atoms with Crippen LogP contribution in [0, 0.1) is 6.92 Å². The van der Waals surface area contributed by atoms with Gasteiger partial charge in [-0.25, -0.2) is 4.68 Å². The Bertz CT molecular complexity index is 1110. The fourth-order valence-corrected chi connectivity index (χ4v) is 3.85. The topological polar surface area (TPSA) is 75.7 Å². The quantitative estimate of drug-likeness (QED) is 0.649. The molecule has 1 N–H and O–H groups in total. The van der Waals surface area contributed by atoms with E-state index in [0.29, 0.717) is 42.7 Å². The Kier molecular flexibility index (Phi) is 5.45. The number of thiocarbonyl (C=S) groups is 1. The van der Waals surface area contributed by atoms with Crippen molar-refractivity contribution in [2.45, 2.75) is 6.92 Å². The molecule has 8 nitrogen and oxygen atoms in total. The van der Waals surface area contributed by atoms with Crippen LogP contribution in [0.5, 0.6) is 0 Å². The zero-order chi connectivity index (χ0) is 21.3. The van der Waals surface area contributed by atoms with Crippen molar-refractivity contribution in [1.82, 2.24) is 19.2 Å². The first-order valence-electron chi connectivity index (χ1n) is 9.70. The average molecular weight is 426 g/mol. The molecule has 3 heterocycles. The fourth-order valence-electron chi connectivity index (χ4n) is 3.57. The molecule has 30 heavy (non-hydrogen) atoms. The number of aromatic nitrogens is 2. The molecule has 9 heteroatoms. The van der Waals surface area contributed by atoms with Crippen LogP contribution in [0.3, 0.4) is 0 Å². The molecule has 0 radical (unpaired) electrons. The molecule has 4 rings (SSSR count). The molecule has 156 valence electrons. The largest absolute Gasteiger partial charge is 0.459 e. The molecule has 0 spiro atoms. The number of benzene rings is 1. The third-order valence-corrected chi connectivity index (χ3v) is 5.73. The molecule has 0 saturated carbocycles. The summed E-state index contributed by atoms with van der Waals surface area (Å²) < 4.78 is 8.62. The van der Waals surface area contributed by atoms with Gasteiger partial charge in [-0.1, -0.05) is 18.2 Å². The van der Waals surface area contributed by atoms with Crippen molar-refractivity contribution in [3.8, 4) is 5.69 Å². The second-order valence-corrected chi connectivity index (χ2v) is 7.51. The van der Waals surface area contributed by atoms with Crippen LogP contribution in [0.2, 0.25) is 0 Å². The van der Waals surface area contributed by atoms with E-state index in [4.69, 9.17) is 16.6 Å². The Hall–Kier alpha value is -3.33. The maximum absolute atomic E-state index is 13.0. The molecule has 1 aliphatic rings. The zero-order valence-corrected chi connectivity index (χ0v) is 17.7. The molecule has 3 aromatic rings. The molecular formula is C21H23N5O3S. The van der Waals surface area contributed by atoms with Crippen LogP contribution in [0.4, 0.5) is 5.69 Å². The lowest BCUT2D eigenvalue weighted by atomic mass is 10.3. The van der Waals surface area contributed by atoms with Gasteiger partial charge in [-0.15, -0.1) is 0 Å². The van der Waals surface area contributed by atoms with Gasteiger partial charge in [0.15, 0.2) is 10.9 Å². The summed E-state index contributed by atoms with van der Waals surface area (Å²) in [5.41, 5.74) is 1.88. The van der Waals surface area contributed by atoms with Crippen molar-refractivity contribution < 1.29 is 9.21 Å². The Balaban J connectivity index is 1.45. The summed E-state index contributed by atoms with van der Waals surface area (Å²) in [4.78, 5) is 29.2. The highest BCUT2D eigenvalue weighted by Crippen LogP contribution is 2.16. The fraction of sp³-hybridized carbons (Fsp3) is 0.286. The SMILES string of the molecule is Cc1c(NC(=S)N2CCN(C(=O)c3ccco3)CC2)c(=O)n(-c2ccccc2)n1C. The number of rotatable bonds is 3. The molecule has 0 aliphatic carbocycles. The van der Waals surface area contributed by atoms with E-state index >= 15 is 0 Å². The van der Waals surface area contributed by atoms with Crippen LogP contribution in [-0.2, 0) is 7.05 Å². The van der Waals surface area contributed by atoms with Gasteiger partial charge in [0.2, 0.25) is 0 Å².